The number of rotatable bonds is 12. The van der Waals surface area contributed by atoms with E-state index < -0.39 is 18.0 Å². The Hall–Kier alpha value is -3.08. The lowest BCUT2D eigenvalue weighted by molar-refractivity contribution is -0.127. The van der Waals surface area contributed by atoms with Crippen LogP contribution in [0.1, 0.15) is 44.1 Å². The Labute approximate surface area is 159 Å². The van der Waals surface area contributed by atoms with Crippen molar-refractivity contribution in [2.24, 2.45) is 5.73 Å². The summed E-state index contributed by atoms with van der Waals surface area (Å²) < 4.78 is 5.09. The first-order valence-electron chi connectivity index (χ1n) is 8.93. The smallest absolute Gasteiger partial charge is 0.407 e. The third-order valence-electron chi connectivity index (χ3n) is 3.79. The molecule has 1 atom stereocenters. The highest BCUT2D eigenvalue weighted by Crippen LogP contribution is 2.03. The Balaban J connectivity index is 2.07. The van der Waals surface area contributed by atoms with Crippen LogP contribution in [0.2, 0.25) is 0 Å². The summed E-state index contributed by atoms with van der Waals surface area (Å²) >= 11 is 0. The standard InChI is InChI=1S/C19H26N4O4/c20-12-7-10-16(18(21)25)23-17(24)11-5-2-6-13-22-19(26)27-14-15-8-3-1-4-9-15/h1,3-4,8-9,16H,2,5-7,10-11,13-14H2,(H2,21,25)(H,22,26)(H,23,24)/t16-/m0/s1. The molecule has 8 heteroatoms. The Morgan fingerprint density at radius 1 is 1.15 bits per heavy atom. The summed E-state index contributed by atoms with van der Waals surface area (Å²) in [5, 5.41) is 13.7. The maximum Gasteiger partial charge on any atom is 0.407 e. The maximum atomic E-state index is 11.8. The zero-order chi connectivity index (χ0) is 19.9. The van der Waals surface area contributed by atoms with E-state index >= 15 is 0 Å². The topological polar surface area (TPSA) is 134 Å². The fourth-order valence-electron chi connectivity index (χ4n) is 2.31. The molecule has 0 aromatic heterocycles. The second-order valence-electron chi connectivity index (χ2n) is 6.02. The maximum absolute atomic E-state index is 11.8. The minimum absolute atomic E-state index is 0.153. The third-order valence-corrected chi connectivity index (χ3v) is 3.79. The molecule has 4 N–H and O–H groups in total. The Bertz CT molecular complexity index is 643. The van der Waals surface area contributed by atoms with Crippen molar-refractivity contribution in [2.45, 2.75) is 51.2 Å². The van der Waals surface area contributed by atoms with Crippen LogP contribution in [0.4, 0.5) is 4.79 Å². The number of carbonyl (C=O) groups is 3. The number of hydrogen-bond acceptors (Lipinski definition) is 5. The van der Waals surface area contributed by atoms with E-state index in [1.165, 1.54) is 0 Å². The molecule has 0 unspecified atom stereocenters. The molecule has 0 radical (unpaired) electrons. The van der Waals surface area contributed by atoms with Gasteiger partial charge in [0.15, 0.2) is 0 Å². The molecule has 146 valence electrons. The van der Waals surface area contributed by atoms with Crippen LogP contribution in [-0.2, 0) is 20.9 Å². The molecule has 0 heterocycles. The lowest BCUT2D eigenvalue weighted by Gasteiger charge is -2.13. The van der Waals surface area contributed by atoms with Crippen LogP contribution in [0.5, 0.6) is 0 Å². The molecule has 0 aliphatic carbocycles. The number of benzene rings is 1. The number of primary amides is 1. The second-order valence-corrected chi connectivity index (χ2v) is 6.02. The van der Waals surface area contributed by atoms with Gasteiger partial charge in [-0.15, -0.1) is 0 Å². The zero-order valence-electron chi connectivity index (χ0n) is 15.3. The van der Waals surface area contributed by atoms with E-state index in [1.54, 1.807) is 0 Å². The van der Waals surface area contributed by atoms with E-state index in [0.29, 0.717) is 19.4 Å². The molecule has 27 heavy (non-hydrogen) atoms. The van der Waals surface area contributed by atoms with Gasteiger partial charge in [-0.2, -0.15) is 5.26 Å². The van der Waals surface area contributed by atoms with Crippen molar-refractivity contribution in [1.82, 2.24) is 10.6 Å². The molecular formula is C19H26N4O4. The van der Waals surface area contributed by atoms with Crippen molar-refractivity contribution in [1.29, 1.82) is 5.26 Å². The number of nitrogens with two attached hydrogens (primary N) is 1. The minimum Gasteiger partial charge on any atom is -0.445 e. The van der Waals surface area contributed by atoms with E-state index in [4.69, 9.17) is 15.7 Å². The molecule has 8 nitrogen and oxygen atoms in total. The largest absolute Gasteiger partial charge is 0.445 e. The highest BCUT2D eigenvalue weighted by atomic mass is 16.5. The average molecular weight is 374 g/mol. The molecule has 1 rings (SSSR count). The Morgan fingerprint density at radius 3 is 2.56 bits per heavy atom. The summed E-state index contributed by atoms with van der Waals surface area (Å²) in [5.74, 6) is -0.913. The van der Waals surface area contributed by atoms with Gasteiger partial charge in [0.1, 0.15) is 12.6 Å². The summed E-state index contributed by atoms with van der Waals surface area (Å²) in [5.41, 5.74) is 6.11. The zero-order valence-corrected chi connectivity index (χ0v) is 15.3. The predicted molar refractivity (Wildman–Crippen MR) is 99.1 cm³/mol. The summed E-state index contributed by atoms with van der Waals surface area (Å²) in [6.07, 6.45) is 2.23. The Kier molecular flexibility index (Phi) is 10.7. The molecule has 0 aliphatic heterocycles. The fourth-order valence-corrected chi connectivity index (χ4v) is 2.31. The molecule has 0 fully saturated rings. The number of hydrogen-bond donors (Lipinski definition) is 3. The van der Waals surface area contributed by atoms with Crippen molar-refractivity contribution < 1.29 is 19.1 Å². The summed E-state index contributed by atoms with van der Waals surface area (Å²) in [4.78, 5) is 34.6. The molecule has 0 saturated carbocycles. The first kappa shape index (κ1) is 22.0. The molecular weight excluding hydrogens is 348 g/mol. The molecule has 3 amide bonds. The first-order chi connectivity index (χ1) is 13.0. The van der Waals surface area contributed by atoms with Gasteiger partial charge in [0.25, 0.3) is 0 Å². The number of alkyl carbamates (subject to hydrolysis) is 1. The number of nitrogens with zero attached hydrogens (tertiary/aromatic N) is 1. The number of nitriles is 1. The molecule has 0 aliphatic rings. The highest BCUT2D eigenvalue weighted by molar-refractivity contribution is 5.86. The normalized spacial score (nSPS) is 11.1. The van der Waals surface area contributed by atoms with Crippen LogP contribution in [0.25, 0.3) is 0 Å². The predicted octanol–water partition coefficient (Wildman–Crippen LogP) is 1.75. The number of amides is 3. The monoisotopic (exact) mass is 374 g/mol. The van der Waals surface area contributed by atoms with Crippen molar-refractivity contribution in [3.63, 3.8) is 0 Å². The number of nitrogens with one attached hydrogen (secondary N) is 2. The minimum atomic E-state index is -0.807. The van der Waals surface area contributed by atoms with Crippen molar-refractivity contribution >= 4 is 17.9 Å². The van der Waals surface area contributed by atoms with Crippen molar-refractivity contribution in [3.8, 4) is 6.07 Å². The lowest BCUT2D eigenvalue weighted by Crippen LogP contribution is -2.44. The quantitative estimate of drug-likeness (QED) is 0.479. The van der Waals surface area contributed by atoms with Crippen LogP contribution < -0.4 is 16.4 Å². The van der Waals surface area contributed by atoms with Crippen molar-refractivity contribution in [3.05, 3.63) is 35.9 Å². The van der Waals surface area contributed by atoms with Gasteiger partial charge < -0.3 is 21.1 Å². The molecule has 0 bridgehead atoms. The molecule has 1 aromatic rings. The highest BCUT2D eigenvalue weighted by Gasteiger charge is 2.17. The molecule has 1 aromatic carbocycles. The third kappa shape index (κ3) is 10.5. The van der Waals surface area contributed by atoms with E-state index in [9.17, 15) is 14.4 Å². The molecule has 0 saturated heterocycles. The van der Waals surface area contributed by atoms with Gasteiger partial charge in [-0.1, -0.05) is 36.8 Å². The van der Waals surface area contributed by atoms with Crippen LogP contribution in [0, 0.1) is 11.3 Å². The van der Waals surface area contributed by atoms with Crippen LogP contribution in [0.15, 0.2) is 30.3 Å². The van der Waals surface area contributed by atoms with Gasteiger partial charge in [-0.3, -0.25) is 9.59 Å². The summed E-state index contributed by atoms with van der Waals surface area (Å²) in [7, 11) is 0. The van der Waals surface area contributed by atoms with Gasteiger partial charge in [-0.25, -0.2) is 4.79 Å². The SMILES string of the molecule is N#CCC[C@H](NC(=O)CCCCCNC(=O)OCc1ccccc1)C(N)=O. The van der Waals surface area contributed by atoms with Gasteiger partial charge in [0, 0.05) is 19.4 Å². The molecule has 0 spiro atoms. The lowest BCUT2D eigenvalue weighted by atomic mass is 10.1. The average Bonchev–Trinajstić information content (AvgIpc) is 2.66. The van der Waals surface area contributed by atoms with E-state index in [-0.39, 0.29) is 31.8 Å². The van der Waals surface area contributed by atoms with Crippen LogP contribution in [0.3, 0.4) is 0 Å². The van der Waals surface area contributed by atoms with Crippen LogP contribution >= 0.6 is 0 Å². The second kappa shape index (κ2) is 13.2. The Morgan fingerprint density at radius 2 is 1.89 bits per heavy atom. The van der Waals surface area contributed by atoms with E-state index in [2.05, 4.69) is 10.6 Å². The van der Waals surface area contributed by atoms with Gasteiger partial charge in [0.05, 0.1) is 6.07 Å². The van der Waals surface area contributed by atoms with Crippen LogP contribution in [-0.4, -0.2) is 30.5 Å². The number of unbranched alkanes of at least 4 members (excludes halogenated alkanes) is 2. The van der Waals surface area contributed by atoms with Gasteiger partial charge in [0.2, 0.25) is 11.8 Å². The van der Waals surface area contributed by atoms with Crippen molar-refractivity contribution in [2.75, 3.05) is 6.54 Å². The van der Waals surface area contributed by atoms with E-state index in [0.717, 1.165) is 12.0 Å². The van der Waals surface area contributed by atoms with E-state index in [1.807, 2.05) is 36.4 Å². The van der Waals surface area contributed by atoms with Gasteiger partial charge >= 0.3 is 6.09 Å². The summed E-state index contributed by atoms with van der Waals surface area (Å²) in [6.45, 7) is 0.682. The fraction of sp³-hybridized carbons (Fsp3) is 0.474. The summed E-state index contributed by atoms with van der Waals surface area (Å²) in [6, 6.07) is 10.5. The number of carbonyl (C=O) groups excluding carboxylic acids is 3. The first-order valence-corrected chi connectivity index (χ1v) is 8.93. The van der Waals surface area contributed by atoms with Gasteiger partial charge in [-0.05, 0) is 24.8 Å². The number of ether oxygens (including phenoxy) is 1.